The van der Waals surface area contributed by atoms with E-state index in [4.69, 9.17) is 18.9 Å². The molecule has 3 saturated heterocycles. The molecule has 3 fully saturated rings. The molecule has 11 nitrogen and oxygen atoms in total. The van der Waals surface area contributed by atoms with Gasteiger partial charge in [-0.2, -0.15) is 0 Å². The topological polar surface area (TPSA) is 141 Å². The predicted molar refractivity (Wildman–Crippen MR) is 153 cm³/mol. The Labute approximate surface area is 246 Å². The maximum atomic E-state index is 13.5. The van der Waals surface area contributed by atoms with E-state index < -0.39 is 71.5 Å². The van der Waals surface area contributed by atoms with Gasteiger partial charge in [0.1, 0.15) is 29.8 Å². The lowest BCUT2D eigenvalue weighted by atomic mass is 9.80. The van der Waals surface area contributed by atoms with Gasteiger partial charge in [-0.15, -0.1) is 0 Å². The van der Waals surface area contributed by atoms with Crippen molar-refractivity contribution in [1.82, 2.24) is 9.80 Å². The Morgan fingerprint density at radius 3 is 2.27 bits per heavy atom. The Morgan fingerprint density at radius 2 is 1.71 bits per heavy atom. The highest BCUT2D eigenvalue weighted by Gasteiger charge is 2.64. The summed E-state index contributed by atoms with van der Waals surface area (Å²) < 4.78 is 24.9. The van der Waals surface area contributed by atoms with E-state index in [9.17, 15) is 25.2 Å². The highest BCUT2D eigenvalue weighted by Crippen LogP contribution is 2.50. The van der Waals surface area contributed by atoms with Gasteiger partial charge in [-0.25, -0.2) is 0 Å². The van der Waals surface area contributed by atoms with Crippen molar-refractivity contribution in [3.05, 3.63) is 0 Å². The molecule has 14 atom stereocenters. The maximum absolute atomic E-state index is 13.5. The number of esters is 1. The molecule has 3 heterocycles. The Kier molecular flexibility index (Phi) is 10.6. The smallest absolute Gasteiger partial charge is 0.314 e. The summed E-state index contributed by atoms with van der Waals surface area (Å²) in [5.41, 5.74) is -2.79. The molecule has 240 valence electrons. The maximum Gasteiger partial charge on any atom is 0.314 e. The zero-order valence-corrected chi connectivity index (χ0v) is 26.9. The van der Waals surface area contributed by atoms with Gasteiger partial charge in [0.25, 0.3) is 0 Å². The van der Waals surface area contributed by atoms with E-state index in [1.54, 1.807) is 20.8 Å². The molecule has 14 unspecified atom stereocenters. The molecule has 0 amide bonds. The molecule has 3 aliphatic heterocycles. The van der Waals surface area contributed by atoms with Crippen molar-refractivity contribution in [2.24, 2.45) is 17.8 Å². The number of likely N-dealkylation sites (N-methyl/N-ethyl adjacent to an activating group) is 2. The molecule has 0 aliphatic carbocycles. The van der Waals surface area contributed by atoms with Gasteiger partial charge in [0.2, 0.25) is 0 Å². The van der Waals surface area contributed by atoms with Crippen LogP contribution in [0.1, 0.15) is 74.7 Å². The average molecular weight is 589 g/mol. The molecule has 0 aromatic carbocycles. The first-order chi connectivity index (χ1) is 18.8. The standard InChI is InChI=1S/C30H56N2O9/c1-12-22-29(8,36)24(34)20(6)32(11)15-16(2)14-28(7)25(18(4)30(37,41-28)19(5)26(35)39-22)40-27-23(33)21(31(9)10)13-17(3)38-27/h16-25,27,33-34,36-37H,12-15H2,1-11H3. The monoisotopic (exact) mass is 588 g/mol. The minimum atomic E-state index is -1.96. The molecule has 0 saturated carbocycles. The second-order valence-electron chi connectivity index (χ2n) is 13.8. The van der Waals surface area contributed by atoms with Crippen LogP contribution in [-0.2, 0) is 23.7 Å². The summed E-state index contributed by atoms with van der Waals surface area (Å²) in [6.45, 7) is 14.8. The molecule has 0 radical (unpaired) electrons. The fourth-order valence-corrected chi connectivity index (χ4v) is 7.33. The summed E-state index contributed by atoms with van der Waals surface area (Å²) in [6, 6.07) is -0.628. The zero-order chi connectivity index (χ0) is 31.2. The van der Waals surface area contributed by atoms with Crippen LogP contribution < -0.4 is 0 Å². The Hall–Kier alpha value is -0.890. The van der Waals surface area contributed by atoms with Gasteiger partial charge >= 0.3 is 5.97 Å². The van der Waals surface area contributed by atoms with Gasteiger partial charge in [0.05, 0.1) is 17.8 Å². The Bertz CT molecular complexity index is 905. The molecule has 0 aromatic heterocycles. The van der Waals surface area contributed by atoms with Crippen LogP contribution in [0.15, 0.2) is 0 Å². The van der Waals surface area contributed by atoms with Crippen LogP contribution in [0.4, 0.5) is 0 Å². The third-order valence-corrected chi connectivity index (χ3v) is 10.0. The molecule has 3 rings (SSSR count). The molecular weight excluding hydrogens is 532 g/mol. The van der Waals surface area contributed by atoms with E-state index in [2.05, 4.69) is 6.92 Å². The number of hydrogen-bond donors (Lipinski definition) is 4. The number of carbonyl (C=O) groups excluding carboxylic acids is 1. The molecule has 3 aliphatic rings. The summed E-state index contributed by atoms with van der Waals surface area (Å²) in [5.74, 6) is -4.56. The first-order valence-electron chi connectivity index (χ1n) is 15.2. The van der Waals surface area contributed by atoms with Crippen molar-refractivity contribution in [2.75, 3.05) is 27.7 Å². The molecule has 2 bridgehead atoms. The van der Waals surface area contributed by atoms with Crippen LogP contribution in [0.5, 0.6) is 0 Å². The first kappa shape index (κ1) is 34.6. The number of aliphatic hydroxyl groups excluding tert-OH is 2. The van der Waals surface area contributed by atoms with Crippen molar-refractivity contribution in [2.45, 2.75) is 141 Å². The van der Waals surface area contributed by atoms with Gasteiger partial charge in [-0.3, -0.25) is 4.79 Å². The van der Waals surface area contributed by atoms with Crippen LogP contribution in [0.3, 0.4) is 0 Å². The Morgan fingerprint density at radius 1 is 1.10 bits per heavy atom. The number of ether oxygens (including phenoxy) is 4. The van der Waals surface area contributed by atoms with Crippen molar-refractivity contribution in [1.29, 1.82) is 0 Å². The molecule has 0 spiro atoms. The van der Waals surface area contributed by atoms with Crippen LogP contribution in [0.25, 0.3) is 0 Å². The predicted octanol–water partition coefficient (Wildman–Crippen LogP) is 1.34. The third-order valence-electron chi connectivity index (χ3n) is 10.0. The van der Waals surface area contributed by atoms with Crippen molar-refractivity contribution >= 4 is 5.97 Å². The minimum Gasteiger partial charge on any atom is -0.459 e. The van der Waals surface area contributed by atoms with Crippen LogP contribution in [-0.4, -0.2) is 130 Å². The van der Waals surface area contributed by atoms with E-state index in [-0.39, 0.29) is 24.5 Å². The van der Waals surface area contributed by atoms with Gasteiger partial charge in [-0.05, 0) is 80.9 Å². The van der Waals surface area contributed by atoms with Crippen LogP contribution in [0.2, 0.25) is 0 Å². The van der Waals surface area contributed by atoms with E-state index in [1.807, 2.05) is 51.7 Å². The lowest BCUT2D eigenvalue weighted by Gasteiger charge is -2.44. The fourth-order valence-electron chi connectivity index (χ4n) is 7.33. The van der Waals surface area contributed by atoms with E-state index in [1.165, 1.54) is 6.92 Å². The molecular formula is C30H56N2O9. The van der Waals surface area contributed by atoms with E-state index >= 15 is 0 Å². The first-order valence-corrected chi connectivity index (χ1v) is 15.2. The lowest BCUT2D eigenvalue weighted by Crippen LogP contribution is -2.59. The van der Waals surface area contributed by atoms with Crippen LogP contribution in [0, 0.1) is 17.8 Å². The van der Waals surface area contributed by atoms with Gasteiger partial charge in [0, 0.05) is 24.5 Å². The second-order valence-corrected chi connectivity index (χ2v) is 13.8. The summed E-state index contributed by atoms with van der Waals surface area (Å²) in [6.07, 6.45) is -3.65. The summed E-state index contributed by atoms with van der Waals surface area (Å²) in [4.78, 5) is 17.5. The molecule has 4 N–H and O–H groups in total. The lowest BCUT2D eigenvalue weighted by molar-refractivity contribution is -0.286. The second kappa shape index (κ2) is 12.6. The highest BCUT2D eigenvalue weighted by molar-refractivity contribution is 5.73. The van der Waals surface area contributed by atoms with Crippen molar-refractivity contribution in [3.63, 3.8) is 0 Å². The molecule has 41 heavy (non-hydrogen) atoms. The number of nitrogens with zero attached hydrogens (tertiary/aromatic N) is 2. The molecule has 11 heteroatoms. The summed E-state index contributed by atoms with van der Waals surface area (Å²) in [7, 11) is 5.69. The zero-order valence-electron chi connectivity index (χ0n) is 26.9. The van der Waals surface area contributed by atoms with Gasteiger partial charge in [-0.1, -0.05) is 20.8 Å². The van der Waals surface area contributed by atoms with Crippen molar-refractivity contribution in [3.8, 4) is 0 Å². The van der Waals surface area contributed by atoms with Gasteiger partial charge < -0.3 is 49.2 Å². The van der Waals surface area contributed by atoms with Crippen molar-refractivity contribution < 1.29 is 44.2 Å². The normalized spacial score (nSPS) is 50.9. The number of aliphatic hydroxyl groups is 4. The molecule has 0 aromatic rings. The van der Waals surface area contributed by atoms with E-state index in [0.717, 1.165) is 0 Å². The Balaban J connectivity index is 2.03. The summed E-state index contributed by atoms with van der Waals surface area (Å²) in [5, 5.41) is 45.8. The van der Waals surface area contributed by atoms with E-state index in [0.29, 0.717) is 19.4 Å². The number of hydrogen-bond acceptors (Lipinski definition) is 11. The quantitative estimate of drug-likeness (QED) is 0.354. The number of rotatable bonds is 4. The third kappa shape index (κ3) is 6.63. The van der Waals surface area contributed by atoms with Gasteiger partial charge in [0.15, 0.2) is 12.1 Å². The number of fused-ring (bicyclic) bond motifs is 2. The fraction of sp³-hybridized carbons (Fsp3) is 0.967. The SMILES string of the molecule is CCC1OC(=O)C(C)C2(O)OC(C)(CC(C)CN(C)C(C)C(O)C1(C)O)C(OC1OC(C)CC(N(C)C)C1O)C2C. The largest absolute Gasteiger partial charge is 0.459 e. The highest BCUT2D eigenvalue weighted by atomic mass is 16.7. The van der Waals surface area contributed by atoms with Crippen LogP contribution >= 0.6 is 0 Å². The number of carbonyl (C=O) groups is 1. The number of cyclic esters (lactones) is 1. The average Bonchev–Trinajstić information content (AvgIpc) is 3.06. The minimum absolute atomic E-state index is 0.00284. The summed E-state index contributed by atoms with van der Waals surface area (Å²) >= 11 is 0.